The van der Waals surface area contributed by atoms with Gasteiger partial charge in [0.15, 0.2) is 0 Å². The summed E-state index contributed by atoms with van der Waals surface area (Å²) in [5.41, 5.74) is 4.96. The zero-order valence-corrected chi connectivity index (χ0v) is 11.0. The van der Waals surface area contributed by atoms with Crippen LogP contribution in [0, 0.1) is 0 Å². The van der Waals surface area contributed by atoms with Crippen LogP contribution in [0.1, 0.15) is 12.8 Å². The van der Waals surface area contributed by atoms with Crippen molar-refractivity contribution in [3.05, 3.63) is 23.4 Å². The number of pyridine rings is 1. The molecule has 1 aliphatic heterocycles. The van der Waals surface area contributed by atoms with E-state index in [-0.39, 0.29) is 6.10 Å². The van der Waals surface area contributed by atoms with Crippen molar-refractivity contribution in [2.75, 3.05) is 13.1 Å². The molecule has 0 aromatic carbocycles. The van der Waals surface area contributed by atoms with E-state index >= 15 is 0 Å². The average molecular weight is 284 g/mol. The molecule has 0 atom stereocenters. The van der Waals surface area contributed by atoms with Crippen LogP contribution >= 0.6 is 11.6 Å². The number of piperidine rings is 1. The number of carbonyl (C=O) groups excluding carboxylic acids is 2. The number of hydrogen-bond donors (Lipinski definition) is 1. The molecule has 2 rings (SSSR count). The second kappa shape index (κ2) is 5.88. The van der Waals surface area contributed by atoms with Gasteiger partial charge < -0.3 is 15.4 Å². The lowest BCUT2D eigenvalue weighted by Crippen LogP contribution is -2.46. The first-order valence-electron chi connectivity index (χ1n) is 5.94. The average Bonchev–Trinajstić information content (AvgIpc) is 2.39. The number of likely N-dealkylation sites (tertiary alicyclic amines) is 1. The van der Waals surface area contributed by atoms with Crippen molar-refractivity contribution in [2.45, 2.75) is 18.9 Å². The van der Waals surface area contributed by atoms with Crippen molar-refractivity contribution in [2.24, 2.45) is 5.73 Å². The Balaban J connectivity index is 1.87. The molecule has 19 heavy (non-hydrogen) atoms. The van der Waals surface area contributed by atoms with Gasteiger partial charge in [-0.15, -0.1) is 0 Å². The largest absolute Gasteiger partial charge is 0.474 e. The Labute approximate surface area is 115 Å². The molecule has 1 fully saturated rings. The summed E-state index contributed by atoms with van der Waals surface area (Å²) in [6.45, 7) is 0.903. The minimum atomic E-state index is -0.920. The van der Waals surface area contributed by atoms with E-state index in [0.717, 1.165) is 0 Å². The van der Waals surface area contributed by atoms with E-state index in [1.807, 2.05) is 0 Å². The van der Waals surface area contributed by atoms with Crippen LogP contribution in [0.25, 0.3) is 0 Å². The molecule has 1 saturated heterocycles. The number of hydrogen-bond acceptors (Lipinski definition) is 4. The van der Waals surface area contributed by atoms with Gasteiger partial charge in [0, 0.05) is 32.0 Å². The summed E-state index contributed by atoms with van der Waals surface area (Å²) in [5, 5.41) is 0.374. The minimum Gasteiger partial charge on any atom is -0.474 e. The highest BCUT2D eigenvalue weighted by Gasteiger charge is 2.26. The smallest absolute Gasteiger partial charge is 0.311 e. The molecule has 2 N–H and O–H groups in total. The van der Waals surface area contributed by atoms with Crippen LogP contribution < -0.4 is 10.5 Å². The number of rotatable bonds is 2. The molecule has 0 spiro atoms. The standard InChI is InChI=1S/C12H14ClN3O3/c13-9-2-1-3-10(15-9)19-8-4-6-16(7-5-8)12(18)11(14)17/h1-3,8H,4-7H2,(H2,14,17). The number of nitrogens with zero attached hydrogens (tertiary/aromatic N) is 2. The highest BCUT2D eigenvalue weighted by Crippen LogP contribution is 2.18. The van der Waals surface area contributed by atoms with Gasteiger partial charge in [0.1, 0.15) is 11.3 Å². The zero-order valence-electron chi connectivity index (χ0n) is 10.2. The molecule has 2 heterocycles. The topological polar surface area (TPSA) is 85.5 Å². The molecular weight excluding hydrogens is 270 g/mol. The van der Waals surface area contributed by atoms with E-state index in [2.05, 4.69) is 4.98 Å². The predicted octanol–water partition coefficient (Wildman–Crippen LogP) is 0.590. The SMILES string of the molecule is NC(=O)C(=O)N1CCC(Oc2cccc(Cl)n2)CC1. The Morgan fingerprint density at radius 2 is 2.05 bits per heavy atom. The summed E-state index contributed by atoms with van der Waals surface area (Å²) in [6.07, 6.45) is 1.23. The van der Waals surface area contributed by atoms with Gasteiger partial charge in [-0.1, -0.05) is 17.7 Å². The number of nitrogens with two attached hydrogens (primary N) is 1. The van der Waals surface area contributed by atoms with Crippen molar-refractivity contribution in [3.63, 3.8) is 0 Å². The molecule has 2 amide bonds. The number of halogens is 1. The maximum absolute atomic E-state index is 11.4. The van der Waals surface area contributed by atoms with Gasteiger partial charge in [0.25, 0.3) is 0 Å². The fourth-order valence-corrected chi connectivity index (χ4v) is 2.11. The van der Waals surface area contributed by atoms with E-state index in [1.54, 1.807) is 18.2 Å². The van der Waals surface area contributed by atoms with Crippen LogP contribution in [0.2, 0.25) is 5.15 Å². The Kier molecular flexibility index (Phi) is 4.21. The second-order valence-corrected chi connectivity index (χ2v) is 4.66. The number of carbonyl (C=O) groups is 2. The maximum Gasteiger partial charge on any atom is 0.311 e. The van der Waals surface area contributed by atoms with E-state index < -0.39 is 11.8 Å². The van der Waals surface area contributed by atoms with Crippen LogP contribution in [0.5, 0.6) is 5.88 Å². The van der Waals surface area contributed by atoms with Gasteiger partial charge in [-0.2, -0.15) is 0 Å². The summed E-state index contributed by atoms with van der Waals surface area (Å²) in [6, 6.07) is 5.16. The molecular formula is C12H14ClN3O3. The molecule has 1 aromatic rings. The number of primary amides is 1. The molecule has 0 bridgehead atoms. The van der Waals surface area contributed by atoms with Crippen molar-refractivity contribution < 1.29 is 14.3 Å². The fraction of sp³-hybridized carbons (Fsp3) is 0.417. The third-order valence-electron chi connectivity index (χ3n) is 2.92. The lowest BCUT2D eigenvalue weighted by Gasteiger charge is -2.31. The third kappa shape index (κ3) is 3.57. The molecule has 0 saturated carbocycles. The van der Waals surface area contributed by atoms with Crippen LogP contribution in [0.15, 0.2) is 18.2 Å². The maximum atomic E-state index is 11.4. The van der Waals surface area contributed by atoms with Crippen molar-refractivity contribution >= 4 is 23.4 Å². The zero-order chi connectivity index (χ0) is 13.8. The molecule has 1 aromatic heterocycles. The second-order valence-electron chi connectivity index (χ2n) is 4.27. The summed E-state index contributed by atoms with van der Waals surface area (Å²) in [4.78, 5) is 27.6. The van der Waals surface area contributed by atoms with Gasteiger partial charge in [0.05, 0.1) is 0 Å². The van der Waals surface area contributed by atoms with Gasteiger partial charge in [-0.05, 0) is 6.07 Å². The van der Waals surface area contributed by atoms with Crippen LogP contribution in [-0.2, 0) is 9.59 Å². The predicted molar refractivity (Wildman–Crippen MR) is 68.7 cm³/mol. The molecule has 6 nitrogen and oxygen atoms in total. The molecule has 102 valence electrons. The first kappa shape index (κ1) is 13.6. The number of aromatic nitrogens is 1. The monoisotopic (exact) mass is 283 g/mol. The van der Waals surface area contributed by atoms with E-state index in [1.165, 1.54) is 4.90 Å². The van der Waals surface area contributed by atoms with Crippen LogP contribution in [0.4, 0.5) is 0 Å². The van der Waals surface area contributed by atoms with Gasteiger partial charge >= 0.3 is 11.8 Å². The first-order chi connectivity index (χ1) is 9.06. The summed E-state index contributed by atoms with van der Waals surface area (Å²) >= 11 is 5.77. The number of ether oxygens (including phenoxy) is 1. The fourth-order valence-electron chi connectivity index (χ4n) is 1.96. The summed E-state index contributed by atoms with van der Waals surface area (Å²) in [5.74, 6) is -1.10. The lowest BCUT2D eigenvalue weighted by atomic mass is 10.1. The Morgan fingerprint density at radius 1 is 1.37 bits per heavy atom. The van der Waals surface area contributed by atoms with E-state index in [4.69, 9.17) is 22.1 Å². The van der Waals surface area contributed by atoms with Gasteiger partial charge in [-0.3, -0.25) is 9.59 Å². The van der Waals surface area contributed by atoms with Crippen LogP contribution in [-0.4, -0.2) is 40.9 Å². The third-order valence-corrected chi connectivity index (χ3v) is 3.13. The number of amides is 2. The lowest BCUT2D eigenvalue weighted by molar-refractivity contribution is -0.145. The van der Waals surface area contributed by atoms with Crippen molar-refractivity contribution in [1.29, 1.82) is 0 Å². The quantitative estimate of drug-likeness (QED) is 0.636. The van der Waals surface area contributed by atoms with E-state index in [9.17, 15) is 9.59 Å². The Bertz CT molecular complexity index is 487. The molecule has 0 unspecified atom stereocenters. The molecule has 1 aliphatic rings. The first-order valence-corrected chi connectivity index (χ1v) is 6.32. The van der Waals surface area contributed by atoms with Crippen molar-refractivity contribution in [1.82, 2.24) is 9.88 Å². The highest BCUT2D eigenvalue weighted by molar-refractivity contribution is 6.34. The Hall–Kier alpha value is -1.82. The van der Waals surface area contributed by atoms with Gasteiger partial charge in [0.2, 0.25) is 5.88 Å². The Morgan fingerprint density at radius 3 is 2.63 bits per heavy atom. The summed E-state index contributed by atoms with van der Waals surface area (Å²) in [7, 11) is 0. The molecule has 0 aliphatic carbocycles. The van der Waals surface area contributed by atoms with Crippen molar-refractivity contribution in [3.8, 4) is 5.88 Å². The van der Waals surface area contributed by atoms with Crippen LogP contribution in [0.3, 0.4) is 0 Å². The van der Waals surface area contributed by atoms with Gasteiger partial charge in [-0.25, -0.2) is 4.98 Å². The minimum absolute atomic E-state index is 0.0390. The normalized spacial score (nSPS) is 16.2. The highest BCUT2D eigenvalue weighted by atomic mass is 35.5. The molecule has 0 radical (unpaired) electrons. The van der Waals surface area contributed by atoms with E-state index in [0.29, 0.717) is 37.0 Å². The summed E-state index contributed by atoms with van der Waals surface area (Å²) < 4.78 is 5.67. The molecule has 7 heteroatoms.